The van der Waals surface area contributed by atoms with Crippen LogP contribution < -0.4 is 5.32 Å². The second-order valence-electron chi connectivity index (χ2n) is 7.68. The molecule has 1 saturated carbocycles. The van der Waals surface area contributed by atoms with Gasteiger partial charge in [0.2, 0.25) is 0 Å². The van der Waals surface area contributed by atoms with E-state index in [1.54, 1.807) is 0 Å². The first-order chi connectivity index (χ1) is 9.90. The van der Waals surface area contributed by atoms with Gasteiger partial charge in [-0.15, -0.1) is 11.3 Å². The highest BCUT2D eigenvalue weighted by Crippen LogP contribution is 2.43. The quantitative estimate of drug-likeness (QED) is 0.896. The predicted octanol–water partition coefficient (Wildman–Crippen LogP) is 4.22. The molecule has 0 radical (unpaired) electrons. The first-order valence-corrected chi connectivity index (χ1v) is 9.29. The molecule has 0 amide bonds. The van der Waals surface area contributed by atoms with Gasteiger partial charge in [-0.05, 0) is 57.6 Å². The lowest BCUT2D eigenvalue weighted by molar-refractivity contribution is 0.0240. The van der Waals surface area contributed by atoms with E-state index in [1.807, 2.05) is 11.3 Å². The minimum absolute atomic E-state index is 0.325. The number of nitrogens with zero attached hydrogens (tertiary/aromatic N) is 1. The van der Waals surface area contributed by atoms with E-state index in [-0.39, 0.29) is 0 Å². The maximum atomic E-state index is 3.89. The molecule has 1 saturated heterocycles. The zero-order valence-electron chi connectivity index (χ0n) is 14.1. The Morgan fingerprint density at radius 2 is 2.00 bits per heavy atom. The van der Waals surface area contributed by atoms with Gasteiger partial charge >= 0.3 is 0 Å². The predicted molar refractivity (Wildman–Crippen MR) is 91.9 cm³/mol. The monoisotopic (exact) mass is 306 g/mol. The maximum absolute atomic E-state index is 3.89. The molecule has 1 aromatic rings. The minimum atomic E-state index is 0.325. The van der Waals surface area contributed by atoms with Gasteiger partial charge in [-0.3, -0.25) is 4.90 Å². The van der Waals surface area contributed by atoms with E-state index in [0.29, 0.717) is 23.5 Å². The molecule has 0 bridgehead atoms. The fraction of sp³-hybridized carbons (Fsp3) is 0.778. The second kappa shape index (κ2) is 5.68. The fourth-order valence-corrected chi connectivity index (χ4v) is 4.84. The summed E-state index contributed by atoms with van der Waals surface area (Å²) >= 11 is 1.97. The van der Waals surface area contributed by atoms with Crippen molar-refractivity contribution in [3.05, 3.63) is 21.9 Å². The normalized spacial score (nSPS) is 32.6. The van der Waals surface area contributed by atoms with Gasteiger partial charge in [0.15, 0.2) is 0 Å². The average Bonchev–Trinajstić information content (AvgIpc) is 3.21. The van der Waals surface area contributed by atoms with Gasteiger partial charge in [0.25, 0.3) is 0 Å². The Bertz CT molecular complexity index is 491. The smallest absolute Gasteiger partial charge is 0.0417 e. The molecule has 1 aliphatic carbocycles. The molecule has 2 heterocycles. The Balaban J connectivity index is 1.82. The van der Waals surface area contributed by atoms with Crippen LogP contribution in [0.5, 0.6) is 0 Å². The zero-order chi connectivity index (χ0) is 15.2. The first-order valence-electron chi connectivity index (χ1n) is 8.48. The van der Waals surface area contributed by atoms with Gasteiger partial charge in [0, 0.05) is 40.5 Å². The van der Waals surface area contributed by atoms with Gasteiger partial charge < -0.3 is 5.32 Å². The summed E-state index contributed by atoms with van der Waals surface area (Å²) in [4.78, 5) is 5.74. The highest BCUT2D eigenvalue weighted by Gasteiger charge is 2.47. The molecule has 1 N–H and O–H groups in total. The van der Waals surface area contributed by atoms with Crippen LogP contribution in [-0.2, 0) is 0 Å². The molecule has 3 heteroatoms. The number of rotatable bonds is 4. The van der Waals surface area contributed by atoms with Crippen LogP contribution in [0.3, 0.4) is 0 Å². The highest BCUT2D eigenvalue weighted by molar-refractivity contribution is 7.12. The van der Waals surface area contributed by atoms with Crippen LogP contribution in [0, 0.1) is 18.8 Å². The van der Waals surface area contributed by atoms with Gasteiger partial charge in [0.05, 0.1) is 0 Å². The van der Waals surface area contributed by atoms with E-state index in [4.69, 9.17) is 0 Å². The van der Waals surface area contributed by atoms with Crippen molar-refractivity contribution in [3.63, 3.8) is 0 Å². The number of piperazine rings is 1. The van der Waals surface area contributed by atoms with Crippen LogP contribution >= 0.6 is 11.3 Å². The molecule has 1 aromatic heterocycles. The molecule has 21 heavy (non-hydrogen) atoms. The third kappa shape index (κ3) is 3.06. The highest BCUT2D eigenvalue weighted by atomic mass is 32.1. The topological polar surface area (TPSA) is 15.3 Å². The van der Waals surface area contributed by atoms with Gasteiger partial charge in [-0.25, -0.2) is 0 Å². The molecule has 3 rings (SSSR count). The number of aryl methyl sites for hydroxylation is 1. The summed E-state index contributed by atoms with van der Waals surface area (Å²) in [6, 6.07) is 5.78. The molecular formula is C18H30N2S. The van der Waals surface area contributed by atoms with Crippen molar-refractivity contribution in [1.29, 1.82) is 0 Å². The van der Waals surface area contributed by atoms with Crippen LogP contribution in [-0.4, -0.2) is 29.6 Å². The summed E-state index contributed by atoms with van der Waals surface area (Å²) in [5.74, 6) is 1.59. The van der Waals surface area contributed by atoms with Crippen molar-refractivity contribution in [1.82, 2.24) is 10.2 Å². The molecule has 2 aliphatic rings. The lowest BCUT2D eigenvalue weighted by Gasteiger charge is -2.50. The molecular weight excluding hydrogens is 276 g/mol. The SMILES string of the molecule is Cc1ccc(C(C)N2CC(C)(C3CC3)NCC2C(C)C)s1. The van der Waals surface area contributed by atoms with Crippen LogP contribution in [0.25, 0.3) is 0 Å². The summed E-state index contributed by atoms with van der Waals surface area (Å²) in [7, 11) is 0. The maximum Gasteiger partial charge on any atom is 0.0417 e. The van der Waals surface area contributed by atoms with E-state index in [9.17, 15) is 0 Å². The van der Waals surface area contributed by atoms with E-state index in [2.05, 4.69) is 57.0 Å². The lowest BCUT2D eigenvalue weighted by Crippen LogP contribution is -2.65. The molecule has 3 atom stereocenters. The number of hydrogen-bond acceptors (Lipinski definition) is 3. The number of nitrogens with one attached hydrogen (secondary N) is 1. The van der Waals surface area contributed by atoms with Crippen molar-refractivity contribution in [2.75, 3.05) is 13.1 Å². The third-order valence-electron chi connectivity index (χ3n) is 5.57. The Kier molecular flexibility index (Phi) is 4.19. The number of thiophene rings is 1. The van der Waals surface area contributed by atoms with Crippen LogP contribution in [0.4, 0.5) is 0 Å². The molecule has 0 spiro atoms. The zero-order valence-corrected chi connectivity index (χ0v) is 15.0. The van der Waals surface area contributed by atoms with Crippen molar-refractivity contribution in [2.45, 2.75) is 65.1 Å². The fourth-order valence-electron chi connectivity index (χ4n) is 3.89. The molecule has 3 unspecified atom stereocenters. The second-order valence-corrected chi connectivity index (χ2v) is 9.00. The van der Waals surface area contributed by atoms with Crippen LogP contribution in [0.2, 0.25) is 0 Å². The van der Waals surface area contributed by atoms with Crippen molar-refractivity contribution >= 4 is 11.3 Å². The lowest BCUT2D eigenvalue weighted by atomic mass is 9.87. The summed E-state index contributed by atoms with van der Waals surface area (Å²) in [6.45, 7) is 14.1. The molecule has 1 aliphatic heterocycles. The summed E-state index contributed by atoms with van der Waals surface area (Å²) in [5.41, 5.74) is 0.325. The van der Waals surface area contributed by atoms with E-state index < -0.39 is 0 Å². The Morgan fingerprint density at radius 1 is 1.29 bits per heavy atom. The van der Waals surface area contributed by atoms with E-state index >= 15 is 0 Å². The van der Waals surface area contributed by atoms with Crippen LogP contribution in [0.1, 0.15) is 56.3 Å². The Morgan fingerprint density at radius 3 is 2.52 bits per heavy atom. The molecule has 2 nitrogen and oxygen atoms in total. The van der Waals surface area contributed by atoms with E-state index in [1.165, 1.54) is 29.1 Å². The standard InChI is InChI=1S/C18H30N2S/c1-12(2)16-10-19-18(5,15-7-8-15)11-20(16)14(4)17-9-6-13(3)21-17/h6,9,12,14-16,19H,7-8,10-11H2,1-5H3. The summed E-state index contributed by atoms with van der Waals surface area (Å²) < 4.78 is 0. The Labute approximate surface area is 133 Å². The third-order valence-corrected chi connectivity index (χ3v) is 6.74. The summed E-state index contributed by atoms with van der Waals surface area (Å²) in [5, 5.41) is 3.89. The van der Waals surface area contributed by atoms with Gasteiger partial charge in [-0.2, -0.15) is 0 Å². The van der Waals surface area contributed by atoms with E-state index in [0.717, 1.165) is 12.5 Å². The van der Waals surface area contributed by atoms with Crippen molar-refractivity contribution in [3.8, 4) is 0 Å². The average molecular weight is 307 g/mol. The van der Waals surface area contributed by atoms with Crippen molar-refractivity contribution in [2.24, 2.45) is 11.8 Å². The molecule has 118 valence electrons. The minimum Gasteiger partial charge on any atom is -0.308 e. The van der Waals surface area contributed by atoms with Crippen molar-refractivity contribution < 1.29 is 0 Å². The number of hydrogen-bond donors (Lipinski definition) is 1. The Hall–Kier alpha value is -0.380. The molecule has 0 aromatic carbocycles. The van der Waals surface area contributed by atoms with Gasteiger partial charge in [0.1, 0.15) is 0 Å². The van der Waals surface area contributed by atoms with Gasteiger partial charge in [-0.1, -0.05) is 13.8 Å². The molecule has 2 fully saturated rings. The first kappa shape index (κ1) is 15.5. The summed E-state index contributed by atoms with van der Waals surface area (Å²) in [6.07, 6.45) is 2.83. The van der Waals surface area contributed by atoms with Crippen LogP contribution in [0.15, 0.2) is 12.1 Å². The largest absolute Gasteiger partial charge is 0.308 e.